The topological polar surface area (TPSA) is 29.4 Å². The molecule has 0 amide bonds. The van der Waals surface area contributed by atoms with Gasteiger partial charge in [0.25, 0.3) is 0 Å². The molecule has 2 atom stereocenters. The van der Waals surface area contributed by atoms with E-state index in [1.165, 1.54) is 41.7 Å². The van der Waals surface area contributed by atoms with E-state index in [4.69, 9.17) is 4.99 Å². The van der Waals surface area contributed by atoms with Crippen molar-refractivity contribution in [1.82, 2.24) is 0 Å². The van der Waals surface area contributed by atoms with Crippen LogP contribution in [0, 0.1) is 11.8 Å². The zero-order chi connectivity index (χ0) is 18.5. The van der Waals surface area contributed by atoms with Crippen LogP contribution in [-0.4, -0.2) is 11.5 Å². The summed E-state index contributed by atoms with van der Waals surface area (Å²) in [5.41, 5.74) is 5.46. The number of aliphatic imine (C=N–C) groups is 1. The zero-order valence-electron chi connectivity index (χ0n) is 16.1. The van der Waals surface area contributed by atoms with E-state index in [-0.39, 0.29) is 0 Å². The number of aryl methyl sites for hydroxylation is 1. The fourth-order valence-corrected chi connectivity index (χ4v) is 4.81. The second-order valence-electron chi connectivity index (χ2n) is 8.18. The summed E-state index contributed by atoms with van der Waals surface area (Å²) < 4.78 is 0. The highest BCUT2D eigenvalue weighted by Crippen LogP contribution is 2.37. The Balaban J connectivity index is 1.35. The maximum atomic E-state index is 12.5. The Morgan fingerprint density at radius 2 is 1.93 bits per heavy atom. The molecule has 0 radical (unpaired) electrons. The number of allylic oxidation sites excluding steroid dienone is 5. The lowest BCUT2D eigenvalue weighted by molar-refractivity contribution is -0.120. The molecule has 0 N–H and O–H groups in total. The predicted molar refractivity (Wildman–Crippen MR) is 112 cm³/mol. The first-order valence-electron chi connectivity index (χ1n) is 10.5. The van der Waals surface area contributed by atoms with Gasteiger partial charge in [0.05, 0.1) is 5.71 Å². The van der Waals surface area contributed by atoms with E-state index in [0.29, 0.717) is 24.0 Å². The number of benzene rings is 1. The molecule has 2 heteroatoms. The van der Waals surface area contributed by atoms with Crippen molar-refractivity contribution in [1.29, 1.82) is 0 Å². The smallest absolute Gasteiger partial charge is 0.133 e. The monoisotopic (exact) mass is 359 g/mol. The van der Waals surface area contributed by atoms with E-state index in [9.17, 15) is 4.79 Å². The molecule has 2 aliphatic carbocycles. The van der Waals surface area contributed by atoms with E-state index in [0.717, 1.165) is 32.1 Å². The number of Topliss-reactive ketones (excluding diaryl/α,β-unsaturated/α-hetero) is 1. The lowest BCUT2D eigenvalue weighted by atomic mass is 9.75. The van der Waals surface area contributed by atoms with Gasteiger partial charge in [-0.1, -0.05) is 60.6 Å². The molecule has 0 aromatic heterocycles. The molecule has 0 spiro atoms. The summed E-state index contributed by atoms with van der Waals surface area (Å²) in [7, 11) is 0. The van der Waals surface area contributed by atoms with Crippen molar-refractivity contribution in [3.8, 4) is 0 Å². The third kappa shape index (κ3) is 4.55. The molecule has 1 saturated carbocycles. The van der Waals surface area contributed by atoms with Crippen LogP contribution < -0.4 is 0 Å². The minimum Gasteiger partial charge on any atom is -0.300 e. The van der Waals surface area contributed by atoms with Gasteiger partial charge in [-0.3, -0.25) is 9.79 Å². The number of ketones is 1. The summed E-state index contributed by atoms with van der Waals surface area (Å²) in [5, 5.41) is 0. The SMILES string of the molecule is O=C(CCc1ccccc1)CC1CCCC(C2=NC=CCC3=C2C=CC3)C1. The first-order valence-corrected chi connectivity index (χ1v) is 10.5. The first kappa shape index (κ1) is 18.2. The molecule has 4 rings (SSSR count). The highest BCUT2D eigenvalue weighted by Gasteiger charge is 2.29. The van der Waals surface area contributed by atoms with Crippen LogP contribution in [0.3, 0.4) is 0 Å². The average Bonchev–Trinajstić information content (AvgIpc) is 3.06. The number of hydrogen-bond acceptors (Lipinski definition) is 2. The van der Waals surface area contributed by atoms with Crippen LogP contribution in [0.5, 0.6) is 0 Å². The molecule has 27 heavy (non-hydrogen) atoms. The van der Waals surface area contributed by atoms with Crippen molar-refractivity contribution in [3.63, 3.8) is 0 Å². The fraction of sp³-hybridized carbons (Fsp3) is 0.440. The Hall–Kier alpha value is -2.22. The summed E-state index contributed by atoms with van der Waals surface area (Å²) in [4.78, 5) is 17.4. The fourth-order valence-electron chi connectivity index (χ4n) is 4.81. The Kier molecular flexibility index (Phi) is 5.81. The number of rotatable bonds is 6. The van der Waals surface area contributed by atoms with Gasteiger partial charge >= 0.3 is 0 Å². The molecular weight excluding hydrogens is 330 g/mol. The van der Waals surface area contributed by atoms with Crippen molar-refractivity contribution >= 4 is 11.5 Å². The average molecular weight is 360 g/mol. The Morgan fingerprint density at radius 3 is 2.81 bits per heavy atom. The normalized spacial score (nSPS) is 24.5. The quantitative estimate of drug-likeness (QED) is 0.612. The molecule has 0 bridgehead atoms. The van der Waals surface area contributed by atoms with E-state index in [2.05, 4.69) is 30.4 Å². The summed E-state index contributed by atoms with van der Waals surface area (Å²) in [5.74, 6) is 1.46. The van der Waals surface area contributed by atoms with Crippen molar-refractivity contribution in [2.24, 2.45) is 16.8 Å². The highest BCUT2D eigenvalue weighted by atomic mass is 16.1. The van der Waals surface area contributed by atoms with Gasteiger partial charge in [0.2, 0.25) is 0 Å². The van der Waals surface area contributed by atoms with E-state index < -0.39 is 0 Å². The van der Waals surface area contributed by atoms with Crippen LogP contribution in [0.4, 0.5) is 0 Å². The van der Waals surface area contributed by atoms with E-state index in [1.54, 1.807) is 0 Å². The van der Waals surface area contributed by atoms with Crippen LogP contribution in [0.15, 0.2) is 70.9 Å². The van der Waals surface area contributed by atoms with Gasteiger partial charge in [-0.2, -0.15) is 0 Å². The number of carbonyl (C=O) groups is 1. The van der Waals surface area contributed by atoms with Crippen molar-refractivity contribution in [2.75, 3.05) is 0 Å². The molecule has 3 aliphatic rings. The molecule has 2 unspecified atom stereocenters. The van der Waals surface area contributed by atoms with Gasteiger partial charge in [0.1, 0.15) is 5.78 Å². The van der Waals surface area contributed by atoms with Gasteiger partial charge in [-0.15, -0.1) is 0 Å². The Morgan fingerprint density at radius 1 is 1.07 bits per heavy atom. The largest absolute Gasteiger partial charge is 0.300 e. The standard InChI is InChI=1S/C25H29NO/c27-23(15-14-19-7-2-1-3-8-19)18-20-9-4-11-22(17-20)25-24-13-5-10-21(24)12-6-16-26-25/h1-3,5-8,13,16,20,22H,4,9-12,14-15,17-18H2. The van der Waals surface area contributed by atoms with Crippen LogP contribution in [0.1, 0.15) is 56.9 Å². The third-order valence-electron chi connectivity index (χ3n) is 6.21. The number of hydrogen-bond donors (Lipinski definition) is 0. The van der Waals surface area contributed by atoms with E-state index >= 15 is 0 Å². The van der Waals surface area contributed by atoms with Crippen LogP contribution >= 0.6 is 0 Å². The molecule has 1 aromatic carbocycles. The molecule has 1 aromatic rings. The maximum Gasteiger partial charge on any atom is 0.133 e. The number of carbonyl (C=O) groups excluding carboxylic acids is 1. The van der Waals surface area contributed by atoms with Gasteiger partial charge in [-0.25, -0.2) is 0 Å². The van der Waals surface area contributed by atoms with Gasteiger partial charge in [-0.05, 0) is 55.6 Å². The summed E-state index contributed by atoms with van der Waals surface area (Å²) in [6.45, 7) is 0. The molecule has 1 fully saturated rings. The summed E-state index contributed by atoms with van der Waals surface area (Å²) >= 11 is 0. The van der Waals surface area contributed by atoms with Crippen LogP contribution in [-0.2, 0) is 11.2 Å². The van der Waals surface area contributed by atoms with Gasteiger partial charge in [0.15, 0.2) is 0 Å². The first-order chi connectivity index (χ1) is 13.3. The summed E-state index contributed by atoms with van der Waals surface area (Å²) in [6, 6.07) is 10.4. The molecular formula is C25H29NO. The minimum atomic E-state index is 0.424. The van der Waals surface area contributed by atoms with Crippen molar-refractivity contribution in [3.05, 3.63) is 71.5 Å². The molecule has 0 saturated heterocycles. The zero-order valence-corrected chi connectivity index (χ0v) is 16.1. The lowest BCUT2D eigenvalue weighted by Crippen LogP contribution is -2.25. The maximum absolute atomic E-state index is 12.5. The van der Waals surface area contributed by atoms with Gasteiger partial charge in [0, 0.05) is 25.0 Å². The van der Waals surface area contributed by atoms with Gasteiger partial charge < -0.3 is 0 Å². The molecule has 1 aliphatic heterocycles. The van der Waals surface area contributed by atoms with Crippen LogP contribution in [0.25, 0.3) is 0 Å². The lowest BCUT2D eigenvalue weighted by Gasteiger charge is -2.30. The minimum absolute atomic E-state index is 0.424. The van der Waals surface area contributed by atoms with Crippen molar-refractivity contribution < 1.29 is 4.79 Å². The van der Waals surface area contributed by atoms with Crippen LogP contribution in [0.2, 0.25) is 0 Å². The molecule has 2 nitrogen and oxygen atoms in total. The van der Waals surface area contributed by atoms with E-state index in [1.807, 2.05) is 24.4 Å². The Bertz CT molecular complexity index is 797. The second-order valence-corrected chi connectivity index (χ2v) is 8.18. The predicted octanol–water partition coefficient (Wildman–Crippen LogP) is 6.00. The Labute approximate surface area is 162 Å². The molecule has 1 heterocycles. The number of nitrogens with zero attached hydrogens (tertiary/aromatic N) is 1. The second kappa shape index (κ2) is 8.65. The summed E-state index contributed by atoms with van der Waals surface area (Å²) in [6.07, 6.45) is 17.9. The van der Waals surface area contributed by atoms with Crippen molar-refractivity contribution in [2.45, 2.75) is 57.8 Å². The highest BCUT2D eigenvalue weighted by molar-refractivity contribution is 6.06. The third-order valence-corrected chi connectivity index (χ3v) is 6.21. The molecule has 140 valence electrons.